The van der Waals surface area contributed by atoms with Crippen LogP contribution >= 0.6 is 12.4 Å². The lowest BCUT2D eigenvalue weighted by molar-refractivity contribution is -0.135. The SMILES string of the molecule is Cc1ccc(N(CC(=O)O)C(=O)c2ccccc2)cc1CN.Cl.NC(=O)c1ccc2c(c1)CCC2. The molecule has 0 saturated carbocycles. The summed E-state index contributed by atoms with van der Waals surface area (Å²) in [4.78, 5) is 35.8. The van der Waals surface area contributed by atoms with Crippen LogP contribution in [0, 0.1) is 6.92 Å². The summed E-state index contributed by atoms with van der Waals surface area (Å²) in [6.45, 7) is 1.85. The quantitative estimate of drug-likeness (QED) is 0.478. The van der Waals surface area contributed by atoms with E-state index in [1.54, 1.807) is 42.5 Å². The third kappa shape index (κ3) is 7.15. The highest BCUT2D eigenvalue weighted by Gasteiger charge is 2.21. The molecule has 0 saturated heterocycles. The Kier molecular flexibility index (Phi) is 9.99. The zero-order chi connectivity index (χ0) is 24.7. The first-order chi connectivity index (χ1) is 16.3. The number of carbonyl (C=O) groups excluding carboxylic acids is 2. The van der Waals surface area contributed by atoms with Gasteiger partial charge in [-0.3, -0.25) is 19.3 Å². The Labute approximate surface area is 211 Å². The Morgan fingerprint density at radius 2 is 1.60 bits per heavy atom. The molecule has 184 valence electrons. The molecule has 0 fully saturated rings. The molecule has 35 heavy (non-hydrogen) atoms. The number of benzene rings is 3. The molecule has 4 rings (SSSR count). The van der Waals surface area contributed by atoms with Crippen LogP contribution in [0.3, 0.4) is 0 Å². The van der Waals surface area contributed by atoms with Gasteiger partial charge in [-0.1, -0.05) is 30.3 Å². The van der Waals surface area contributed by atoms with Gasteiger partial charge in [0.25, 0.3) is 5.91 Å². The number of hydrogen-bond donors (Lipinski definition) is 3. The normalized spacial score (nSPS) is 11.4. The van der Waals surface area contributed by atoms with Crippen molar-refractivity contribution in [3.8, 4) is 0 Å². The Morgan fingerprint density at radius 1 is 0.914 bits per heavy atom. The Balaban J connectivity index is 0.000000280. The molecule has 0 aliphatic heterocycles. The van der Waals surface area contributed by atoms with Gasteiger partial charge in [0.1, 0.15) is 6.54 Å². The van der Waals surface area contributed by atoms with Gasteiger partial charge in [-0.2, -0.15) is 0 Å². The number of anilines is 1. The van der Waals surface area contributed by atoms with Gasteiger partial charge in [0.05, 0.1) is 0 Å². The van der Waals surface area contributed by atoms with Crippen molar-refractivity contribution in [1.82, 2.24) is 0 Å². The van der Waals surface area contributed by atoms with Crippen LogP contribution in [0.25, 0.3) is 0 Å². The molecule has 8 heteroatoms. The van der Waals surface area contributed by atoms with E-state index in [1.165, 1.54) is 22.4 Å². The van der Waals surface area contributed by atoms with Crippen molar-refractivity contribution in [2.24, 2.45) is 11.5 Å². The summed E-state index contributed by atoms with van der Waals surface area (Å²) in [6, 6.07) is 19.7. The lowest BCUT2D eigenvalue weighted by atomic mass is 10.1. The van der Waals surface area contributed by atoms with E-state index in [2.05, 4.69) is 0 Å². The van der Waals surface area contributed by atoms with Gasteiger partial charge in [0, 0.05) is 23.4 Å². The average Bonchev–Trinajstić information content (AvgIpc) is 3.31. The minimum Gasteiger partial charge on any atom is -0.480 e. The summed E-state index contributed by atoms with van der Waals surface area (Å²) in [6.07, 6.45) is 3.45. The fourth-order valence-electron chi connectivity index (χ4n) is 3.92. The highest BCUT2D eigenvalue weighted by molar-refractivity contribution is 6.08. The summed E-state index contributed by atoms with van der Waals surface area (Å²) >= 11 is 0. The average molecular weight is 496 g/mol. The van der Waals surface area contributed by atoms with Crippen molar-refractivity contribution in [2.45, 2.75) is 32.7 Å². The molecule has 0 bridgehead atoms. The molecule has 0 radical (unpaired) electrons. The minimum absolute atomic E-state index is 0. The molecule has 3 aromatic rings. The van der Waals surface area contributed by atoms with Crippen LogP contribution in [0.1, 0.15) is 49.4 Å². The number of carboxylic acid groups (broad SMARTS) is 1. The van der Waals surface area contributed by atoms with E-state index < -0.39 is 12.5 Å². The number of rotatable bonds is 6. The molecule has 0 aromatic heterocycles. The molecule has 0 spiro atoms. The third-order valence-corrected chi connectivity index (χ3v) is 5.81. The highest BCUT2D eigenvalue weighted by Crippen LogP contribution is 2.23. The van der Waals surface area contributed by atoms with E-state index in [4.69, 9.17) is 16.6 Å². The predicted octanol–water partition coefficient (Wildman–Crippen LogP) is 3.88. The van der Waals surface area contributed by atoms with Crippen molar-refractivity contribution in [1.29, 1.82) is 0 Å². The Bertz CT molecular complexity index is 1200. The first kappa shape index (κ1) is 27.6. The molecule has 7 nitrogen and oxygen atoms in total. The first-order valence-electron chi connectivity index (χ1n) is 11.1. The Hall–Kier alpha value is -3.68. The lowest BCUT2D eigenvalue weighted by Crippen LogP contribution is -2.35. The molecule has 0 atom stereocenters. The van der Waals surface area contributed by atoms with E-state index in [1.807, 2.05) is 31.2 Å². The van der Waals surface area contributed by atoms with Crippen LogP contribution in [-0.4, -0.2) is 29.4 Å². The number of nitrogens with two attached hydrogens (primary N) is 2. The highest BCUT2D eigenvalue weighted by atomic mass is 35.5. The number of carboxylic acids is 1. The number of fused-ring (bicyclic) bond motifs is 1. The summed E-state index contributed by atoms with van der Waals surface area (Å²) in [7, 11) is 0. The zero-order valence-corrected chi connectivity index (χ0v) is 20.4. The van der Waals surface area contributed by atoms with Gasteiger partial charge in [-0.05, 0) is 84.8 Å². The van der Waals surface area contributed by atoms with E-state index in [0.29, 0.717) is 23.4 Å². The van der Waals surface area contributed by atoms with Gasteiger partial charge in [0.15, 0.2) is 0 Å². The third-order valence-electron chi connectivity index (χ3n) is 5.81. The number of halogens is 1. The number of amides is 2. The van der Waals surface area contributed by atoms with Gasteiger partial charge < -0.3 is 16.6 Å². The molecule has 1 aliphatic carbocycles. The number of primary amides is 1. The topological polar surface area (TPSA) is 127 Å². The lowest BCUT2D eigenvalue weighted by Gasteiger charge is -2.22. The maximum atomic E-state index is 12.6. The second-order valence-electron chi connectivity index (χ2n) is 8.17. The number of hydrogen-bond acceptors (Lipinski definition) is 4. The zero-order valence-electron chi connectivity index (χ0n) is 19.6. The van der Waals surface area contributed by atoms with E-state index >= 15 is 0 Å². The summed E-state index contributed by atoms with van der Waals surface area (Å²) in [5.74, 6) is -1.75. The molecule has 5 N–H and O–H groups in total. The monoisotopic (exact) mass is 495 g/mol. The van der Waals surface area contributed by atoms with E-state index in [-0.39, 0.29) is 24.2 Å². The van der Waals surface area contributed by atoms with Gasteiger partial charge in [-0.15, -0.1) is 12.4 Å². The largest absolute Gasteiger partial charge is 0.480 e. The van der Waals surface area contributed by atoms with Crippen LogP contribution in [0.5, 0.6) is 0 Å². The maximum absolute atomic E-state index is 12.6. The fourth-order valence-corrected chi connectivity index (χ4v) is 3.92. The minimum atomic E-state index is -1.07. The second kappa shape index (κ2) is 12.7. The second-order valence-corrected chi connectivity index (χ2v) is 8.17. The van der Waals surface area contributed by atoms with Crippen LogP contribution in [0.2, 0.25) is 0 Å². The maximum Gasteiger partial charge on any atom is 0.323 e. The van der Waals surface area contributed by atoms with Gasteiger partial charge in [0.2, 0.25) is 5.91 Å². The van der Waals surface area contributed by atoms with Crippen LogP contribution in [0.4, 0.5) is 5.69 Å². The molecular weight excluding hydrogens is 466 g/mol. The van der Waals surface area contributed by atoms with Crippen molar-refractivity contribution in [3.05, 3.63) is 100 Å². The van der Waals surface area contributed by atoms with Gasteiger partial charge in [-0.25, -0.2) is 0 Å². The molecular formula is C27H30ClN3O4. The summed E-state index contributed by atoms with van der Waals surface area (Å²) < 4.78 is 0. The molecule has 3 aromatic carbocycles. The molecule has 0 unspecified atom stereocenters. The molecule has 0 heterocycles. The number of carbonyl (C=O) groups is 3. The summed E-state index contributed by atoms with van der Waals surface area (Å²) in [5.41, 5.74) is 17.0. The molecule has 1 aliphatic rings. The predicted molar refractivity (Wildman–Crippen MR) is 139 cm³/mol. The van der Waals surface area contributed by atoms with Crippen molar-refractivity contribution < 1.29 is 19.5 Å². The van der Waals surface area contributed by atoms with Gasteiger partial charge >= 0.3 is 5.97 Å². The van der Waals surface area contributed by atoms with E-state index in [9.17, 15) is 14.4 Å². The van der Waals surface area contributed by atoms with E-state index in [0.717, 1.165) is 24.0 Å². The smallest absolute Gasteiger partial charge is 0.323 e. The van der Waals surface area contributed by atoms with Crippen molar-refractivity contribution >= 4 is 35.9 Å². The van der Waals surface area contributed by atoms with Crippen molar-refractivity contribution in [3.63, 3.8) is 0 Å². The molecule has 2 amide bonds. The van der Waals surface area contributed by atoms with Crippen LogP contribution in [-0.2, 0) is 24.2 Å². The standard InChI is InChI=1S/C17H18N2O3.C10H11NO.ClH/c1-12-7-8-15(9-14(12)10-18)19(11-16(20)21)17(22)13-5-3-2-4-6-13;11-10(12)9-5-4-7-2-1-3-8(7)6-9;/h2-9H,10-11,18H2,1H3,(H,20,21);4-6H,1-3H2,(H2,11,12);1H. The Morgan fingerprint density at radius 3 is 2.23 bits per heavy atom. The number of aryl methyl sites for hydroxylation is 3. The number of nitrogens with zero attached hydrogens (tertiary/aromatic N) is 1. The van der Waals surface area contributed by atoms with Crippen LogP contribution < -0.4 is 16.4 Å². The fraction of sp³-hybridized carbons (Fsp3) is 0.222. The van der Waals surface area contributed by atoms with Crippen LogP contribution in [0.15, 0.2) is 66.7 Å². The first-order valence-corrected chi connectivity index (χ1v) is 11.1. The van der Waals surface area contributed by atoms with Crippen molar-refractivity contribution in [2.75, 3.05) is 11.4 Å². The summed E-state index contributed by atoms with van der Waals surface area (Å²) in [5, 5.41) is 9.10. The number of aliphatic carboxylic acids is 1.